The first-order valence-electron chi connectivity index (χ1n) is 13.9. The van der Waals surface area contributed by atoms with Crippen LogP contribution in [0.4, 0.5) is 0 Å². The number of amides is 2. The Morgan fingerprint density at radius 3 is 1.29 bits per heavy atom. The van der Waals surface area contributed by atoms with E-state index in [1.807, 2.05) is 55.4 Å². The van der Waals surface area contributed by atoms with Crippen LogP contribution in [-0.4, -0.2) is 50.2 Å². The third kappa shape index (κ3) is 6.16. The molecule has 0 saturated heterocycles. The van der Waals surface area contributed by atoms with Gasteiger partial charge < -0.3 is 20.8 Å². The normalized spacial score (nSPS) is 18.0. The van der Waals surface area contributed by atoms with Crippen LogP contribution in [0.3, 0.4) is 0 Å². The van der Waals surface area contributed by atoms with E-state index < -0.39 is 34.6 Å². The van der Waals surface area contributed by atoms with E-state index in [-0.39, 0.29) is 17.7 Å². The molecule has 4 N–H and O–H groups in total. The summed E-state index contributed by atoms with van der Waals surface area (Å²) in [5.41, 5.74) is 2.41. The predicted molar refractivity (Wildman–Crippen MR) is 139 cm³/mol. The van der Waals surface area contributed by atoms with Gasteiger partial charge in [0.05, 0.1) is 23.3 Å². The second kappa shape index (κ2) is 12.7. The Morgan fingerprint density at radius 1 is 0.794 bits per heavy atom. The molecule has 0 spiro atoms. The number of carbonyl (C=O) groups is 2. The quantitative estimate of drug-likeness (QED) is 0.264. The van der Waals surface area contributed by atoms with E-state index >= 15 is 0 Å². The number of nitrogens with two attached hydrogens (primary N) is 1. The Balaban J connectivity index is 3.91. The van der Waals surface area contributed by atoms with Gasteiger partial charge in [0.15, 0.2) is 0 Å². The number of nitrogens with zero attached hydrogens (tertiary/aromatic N) is 1. The molecule has 1 aliphatic carbocycles. The SMILES string of the molecule is CCCC(O)(CCC)[C@@H](C(C)C)N(C(=O)C1(C(N)=O)CCC1)[C@H](C(C)C)C(O)(CCC)CCC. The van der Waals surface area contributed by atoms with E-state index in [2.05, 4.69) is 0 Å². The maximum absolute atomic E-state index is 14.5. The van der Waals surface area contributed by atoms with E-state index in [9.17, 15) is 19.8 Å². The van der Waals surface area contributed by atoms with Gasteiger partial charge in [-0.2, -0.15) is 0 Å². The van der Waals surface area contributed by atoms with Crippen molar-refractivity contribution in [2.24, 2.45) is 23.0 Å². The zero-order valence-electron chi connectivity index (χ0n) is 23.3. The van der Waals surface area contributed by atoms with Crippen molar-refractivity contribution in [3.63, 3.8) is 0 Å². The fourth-order valence-electron chi connectivity index (χ4n) is 6.74. The van der Waals surface area contributed by atoms with Crippen LogP contribution in [0.15, 0.2) is 0 Å². The van der Waals surface area contributed by atoms with Crippen molar-refractivity contribution in [2.45, 2.75) is 149 Å². The fraction of sp³-hybridized carbons (Fsp3) is 0.929. The highest BCUT2D eigenvalue weighted by atomic mass is 16.3. The Hall–Kier alpha value is -1.14. The molecule has 0 aromatic heterocycles. The third-order valence-electron chi connectivity index (χ3n) is 8.02. The molecule has 34 heavy (non-hydrogen) atoms. The topological polar surface area (TPSA) is 104 Å². The molecule has 0 aliphatic heterocycles. The molecule has 0 heterocycles. The summed E-state index contributed by atoms with van der Waals surface area (Å²) in [6.07, 6.45) is 7.01. The maximum Gasteiger partial charge on any atom is 0.238 e. The van der Waals surface area contributed by atoms with E-state index in [4.69, 9.17) is 5.73 Å². The Kier molecular flexibility index (Phi) is 11.5. The smallest absolute Gasteiger partial charge is 0.238 e. The van der Waals surface area contributed by atoms with Crippen LogP contribution < -0.4 is 5.73 Å². The van der Waals surface area contributed by atoms with Crippen molar-refractivity contribution >= 4 is 11.8 Å². The first-order chi connectivity index (χ1) is 15.8. The van der Waals surface area contributed by atoms with Crippen LogP contribution in [0.1, 0.15) is 126 Å². The summed E-state index contributed by atoms with van der Waals surface area (Å²) < 4.78 is 0. The zero-order valence-corrected chi connectivity index (χ0v) is 23.3. The molecule has 200 valence electrons. The van der Waals surface area contributed by atoms with Crippen molar-refractivity contribution in [1.29, 1.82) is 0 Å². The molecule has 6 nitrogen and oxygen atoms in total. The highest BCUT2D eigenvalue weighted by Gasteiger charge is 2.58. The number of aliphatic hydroxyl groups is 2. The van der Waals surface area contributed by atoms with E-state index in [1.165, 1.54) is 0 Å². The number of primary amides is 1. The van der Waals surface area contributed by atoms with Crippen LogP contribution >= 0.6 is 0 Å². The average Bonchev–Trinajstić information content (AvgIpc) is 2.66. The van der Waals surface area contributed by atoms with E-state index in [0.29, 0.717) is 38.5 Å². The number of hydrogen-bond acceptors (Lipinski definition) is 4. The lowest BCUT2D eigenvalue weighted by molar-refractivity contribution is -0.186. The first kappa shape index (κ1) is 30.9. The average molecular weight is 483 g/mol. The van der Waals surface area contributed by atoms with Gasteiger partial charge in [0.2, 0.25) is 11.8 Å². The van der Waals surface area contributed by atoms with Gasteiger partial charge >= 0.3 is 0 Å². The molecule has 0 bridgehead atoms. The van der Waals surface area contributed by atoms with Gasteiger partial charge in [-0.15, -0.1) is 0 Å². The Morgan fingerprint density at radius 2 is 1.12 bits per heavy atom. The lowest BCUT2D eigenvalue weighted by Gasteiger charge is -2.56. The van der Waals surface area contributed by atoms with Crippen molar-refractivity contribution in [3.05, 3.63) is 0 Å². The van der Waals surface area contributed by atoms with Crippen LogP contribution in [0, 0.1) is 17.3 Å². The van der Waals surface area contributed by atoms with E-state index in [0.717, 1.165) is 32.1 Å². The number of carbonyl (C=O) groups excluding carboxylic acids is 2. The molecule has 1 rings (SSSR count). The summed E-state index contributed by atoms with van der Waals surface area (Å²) >= 11 is 0. The van der Waals surface area contributed by atoms with Gasteiger partial charge in [0, 0.05) is 0 Å². The second-order valence-electron chi connectivity index (χ2n) is 11.6. The highest BCUT2D eigenvalue weighted by molar-refractivity contribution is 6.05. The van der Waals surface area contributed by atoms with Crippen LogP contribution in [-0.2, 0) is 9.59 Å². The largest absolute Gasteiger partial charge is 0.388 e. The Labute approximate surface area is 209 Å². The second-order valence-corrected chi connectivity index (χ2v) is 11.6. The van der Waals surface area contributed by atoms with Crippen molar-refractivity contribution in [1.82, 2.24) is 4.90 Å². The van der Waals surface area contributed by atoms with Crippen LogP contribution in [0.25, 0.3) is 0 Å². The standard InChI is InChI=1S/C28H54N2O4/c1-9-14-27(33,15-10-2)22(20(5)6)30(25(32)26(24(29)31)18-13-19-26)23(21(7)8)28(34,16-11-3)17-12-4/h20-23,33-34H,9-19H2,1-8H3,(H2,29,31)/t22-,23-/m1/s1. The molecule has 1 aliphatic rings. The van der Waals surface area contributed by atoms with Gasteiger partial charge in [0.1, 0.15) is 5.41 Å². The van der Waals surface area contributed by atoms with Crippen LogP contribution in [0.5, 0.6) is 0 Å². The molecule has 2 atom stereocenters. The lowest BCUT2D eigenvalue weighted by atomic mass is 9.65. The van der Waals surface area contributed by atoms with E-state index in [1.54, 1.807) is 4.90 Å². The third-order valence-corrected chi connectivity index (χ3v) is 8.02. The lowest BCUT2D eigenvalue weighted by Crippen LogP contribution is -2.70. The minimum atomic E-state index is -1.24. The Bertz CT molecular complexity index is 611. The summed E-state index contributed by atoms with van der Waals surface area (Å²) in [4.78, 5) is 29.0. The van der Waals surface area contributed by atoms with Gasteiger partial charge in [-0.1, -0.05) is 87.5 Å². The van der Waals surface area contributed by atoms with Gasteiger partial charge in [-0.3, -0.25) is 9.59 Å². The minimum absolute atomic E-state index is 0.0641. The number of rotatable bonds is 16. The number of hydrogen-bond donors (Lipinski definition) is 3. The summed E-state index contributed by atoms with van der Waals surface area (Å²) in [5, 5.41) is 24.2. The molecule has 6 heteroatoms. The summed E-state index contributed by atoms with van der Waals surface area (Å²) in [6, 6.07) is -1.05. The molecular weight excluding hydrogens is 428 g/mol. The van der Waals surface area contributed by atoms with Crippen LogP contribution in [0.2, 0.25) is 0 Å². The van der Waals surface area contributed by atoms with Crippen molar-refractivity contribution < 1.29 is 19.8 Å². The zero-order chi connectivity index (χ0) is 26.3. The highest BCUT2D eigenvalue weighted by Crippen LogP contribution is 2.47. The molecule has 1 saturated carbocycles. The molecule has 1 fully saturated rings. The molecule has 0 aromatic rings. The summed E-state index contributed by atoms with van der Waals surface area (Å²) in [7, 11) is 0. The molecule has 0 aromatic carbocycles. The van der Waals surface area contributed by atoms with Crippen molar-refractivity contribution in [2.75, 3.05) is 0 Å². The van der Waals surface area contributed by atoms with Gasteiger partial charge in [-0.25, -0.2) is 0 Å². The monoisotopic (exact) mass is 482 g/mol. The van der Waals surface area contributed by atoms with Gasteiger partial charge in [-0.05, 0) is 50.4 Å². The first-order valence-corrected chi connectivity index (χ1v) is 13.9. The molecule has 0 radical (unpaired) electrons. The molecular formula is C28H54N2O4. The fourth-order valence-corrected chi connectivity index (χ4v) is 6.74. The summed E-state index contributed by atoms with van der Waals surface area (Å²) in [5.74, 6) is -1.00. The molecule has 0 unspecified atom stereocenters. The minimum Gasteiger partial charge on any atom is -0.388 e. The summed E-state index contributed by atoms with van der Waals surface area (Å²) in [6.45, 7) is 16.3. The predicted octanol–water partition coefficient (Wildman–Crippen LogP) is 5.18. The van der Waals surface area contributed by atoms with Crippen molar-refractivity contribution in [3.8, 4) is 0 Å². The maximum atomic E-state index is 14.5. The molecule has 2 amide bonds. The van der Waals surface area contributed by atoms with Gasteiger partial charge in [0.25, 0.3) is 0 Å².